The molecule has 0 spiro atoms. The van der Waals surface area contributed by atoms with Crippen LogP contribution in [0.4, 0.5) is 13.2 Å². The molecule has 0 aliphatic heterocycles. The van der Waals surface area contributed by atoms with Gasteiger partial charge < -0.3 is 4.90 Å². The standard InChI is InChI=1S/C17H16F3N/c1-21(13-15-10-6-3-7-11-15)16(17(18,19)20)12-14-8-4-2-5-9-14/h2-12H,13H2,1H3/b16-12-. The number of rotatable bonds is 4. The molecule has 4 heteroatoms. The van der Waals surface area contributed by atoms with Gasteiger partial charge in [-0.2, -0.15) is 13.2 Å². The summed E-state index contributed by atoms with van der Waals surface area (Å²) in [7, 11) is 1.45. The zero-order chi connectivity index (χ0) is 15.3. The van der Waals surface area contributed by atoms with Gasteiger partial charge in [-0.3, -0.25) is 0 Å². The molecule has 0 bridgehead atoms. The van der Waals surface area contributed by atoms with Crippen LogP contribution in [0.15, 0.2) is 66.4 Å². The Morgan fingerprint density at radius 1 is 0.952 bits per heavy atom. The number of allylic oxidation sites excluding steroid dienone is 1. The summed E-state index contributed by atoms with van der Waals surface area (Å²) in [6.07, 6.45) is -3.22. The molecule has 0 saturated heterocycles. The van der Waals surface area contributed by atoms with E-state index in [2.05, 4.69) is 0 Å². The van der Waals surface area contributed by atoms with Gasteiger partial charge in [0.25, 0.3) is 0 Å². The smallest absolute Gasteiger partial charge is 0.366 e. The number of nitrogens with zero attached hydrogens (tertiary/aromatic N) is 1. The number of alkyl halides is 3. The lowest BCUT2D eigenvalue weighted by molar-refractivity contribution is -0.108. The Hall–Kier alpha value is -2.23. The first-order valence-corrected chi connectivity index (χ1v) is 6.56. The van der Waals surface area contributed by atoms with Crippen LogP contribution < -0.4 is 0 Å². The molecule has 0 saturated carbocycles. The predicted octanol–water partition coefficient (Wildman–Crippen LogP) is 4.72. The van der Waals surface area contributed by atoms with Crippen LogP contribution in [-0.2, 0) is 6.54 Å². The Morgan fingerprint density at radius 3 is 2.00 bits per heavy atom. The molecule has 0 radical (unpaired) electrons. The first-order valence-electron chi connectivity index (χ1n) is 6.56. The van der Waals surface area contributed by atoms with E-state index in [1.54, 1.807) is 30.3 Å². The van der Waals surface area contributed by atoms with Gasteiger partial charge in [-0.25, -0.2) is 0 Å². The minimum atomic E-state index is -4.39. The van der Waals surface area contributed by atoms with E-state index >= 15 is 0 Å². The second-order valence-corrected chi connectivity index (χ2v) is 4.78. The number of benzene rings is 2. The minimum absolute atomic E-state index is 0.207. The quantitative estimate of drug-likeness (QED) is 0.787. The molecule has 110 valence electrons. The van der Waals surface area contributed by atoms with Crippen molar-refractivity contribution in [2.75, 3.05) is 7.05 Å². The van der Waals surface area contributed by atoms with Crippen molar-refractivity contribution in [3.8, 4) is 0 Å². The second kappa shape index (κ2) is 6.48. The van der Waals surface area contributed by atoms with Crippen molar-refractivity contribution >= 4 is 6.08 Å². The maximum atomic E-state index is 13.2. The van der Waals surface area contributed by atoms with Crippen molar-refractivity contribution in [2.24, 2.45) is 0 Å². The molecule has 0 fully saturated rings. The molecule has 0 aliphatic carbocycles. The van der Waals surface area contributed by atoms with Gasteiger partial charge in [0.05, 0.1) is 0 Å². The molecular weight excluding hydrogens is 275 g/mol. The molecule has 0 amide bonds. The largest absolute Gasteiger partial charge is 0.431 e. The van der Waals surface area contributed by atoms with Gasteiger partial charge in [0.15, 0.2) is 0 Å². The van der Waals surface area contributed by atoms with E-state index in [0.29, 0.717) is 5.56 Å². The lowest BCUT2D eigenvalue weighted by Gasteiger charge is -2.24. The average Bonchev–Trinajstić information content (AvgIpc) is 2.45. The predicted molar refractivity (Wildman–Crippen MR) is 78.4 cm³/mol. The molecule has 0 aromatic heterocycles. The third-order valence-electron chi connectivity index (χ3n) is 3.07. The fraction of sp³-hybridized carbons (Fsp3) is 0.176. The monoisotopic (exact) mass is 291 g/mol. The van der Waals surface area contributed by atoms with Gasteiger partial charge in [-0.15, -0.1) is 0 Å². The zero-order valence-corrected chi connectivity index (χ0v) is 11.6. The lowest BCUT2D eigenvalue weighted by Crippen LogP contribution is -2.28. The number of hydrogen-bond acceptors (Lipinski definition) is 1. The second-order valence-electron chi connectivity index (χ2n) is 4.78. The van der Waals surface area contributed by atoms with E-state index in [0.717, 1.165) is 5.56 Å². The molecule has 0 heterocycles. The summed E-state index contributed by atoms with van der Waals surface area (Å²) in [4.78, 5) is 1.22. The Bertz CT molecular complexity index is 588. The molecule has 2 rings (SSSR count). The fourth-order valence-electron chi connectivity index (χ4n) is 2.06. The van der Waals surface area contributed by atoms with Crippen molar-refractivity contribution < 1.29 is 13.2 Å². The van der Waals surface area contributed by atoms with E-state index in [-0.39, 0.29) is 6.54 Å². The Kier molecular flexibility index (Phi) is 4.68. The number of hydrogen-bond donors (Lipinski definition) is 0. The highest BCUT2D eigenvalue weighted by atomic mass is 19.4. The van der Waals surface area contributed by atoms with E-state index in [4.69, 9.17) is 0 Å². The zero-order valence-electron chi connectivity index (χ0n) is 11.6. The lowest BCUT2D eigenvalue weighted by atomic mass is 10.1. The Labute approximate surface area is 122 Å². The highest BCUT2D eigenvalue weighted by molar-refractivity contribution is 5.53. The van der Waals surface area contributed by atoms with Crippen LogP contribution in [0.1, 0.15) is 11.1 Å². The van der Waals surface area contributed by atoms with E-state index in [1.165, 1.54) is 18.0 Å². The average molecular weight is 291 g/mol. The molecule has 21 heavy (non-hydrogen) atoms. The molecule has 0 aliphatic rings. The first kappa shape index (κ1) is 15.2. The maximum Gasteiger partial charge on any atom is 0.431 e. The summed E-state index contributed by atoms with van der Waals surface area (Å²) in [6, 6.07) is 17.6. The van der Waals surface area contributed by atoms with Crippen LogP contribution in [0.2, 0.25) is 0 Å². The van der Waals surface area contributed by atoms with Crippen LogP contribution in [0, 0.1) is 0 Å². The van der Waals surface area contributed by atoms with E-state index in [1.807, 2.05) is 30.3 Å². The molecular formula is C17H16F3N. The highest BCUT2D eigenvalue weighted by Crippen LogP contribution is 2.30. The van der Waals surface area contributed by atoms with Crippen molar-refractivity contribution in [1.29, 1.82) is 0 Å². The topological polar surface area (TPSA) is 3.24 Å². The number of halogens is 3. The molecule has 2 aromatic rings. The molecule has 0 N–H and O–H groups in total. The van der Waals surface area contributed by atoms with Crippen LogP contribution >= 0.6 is 0 Å². The third kappa shape index (κ3) is 4.38. The normalized spacial score (nSPS) is 12.3. The van der Waals surface area contributed by atoms with Crippen molar-refractivity contribution in [3.63, 3.8) is 0 Å². The van der Waals surface area contributed by atoms with Crippen LogP contribution in [0.25, 0.3) is 6.08 Å². The minimum Gasteiger partial charge on any atom is -0.366 e. The summed E-state index contributed by atoms with van der Waals surface area (Å²) >= 11 is 0. The van der Waals surface area contributed by atoms with Gasteiger partial charge in [0, 0.05) is 13.6 Å². The van der Waals surface area contributed by atoms with Gasteiger partial charge in [0.1, 0.15) is 5.70 Å². The first-order chi connectivity index (χ1) is 9.97. The molecule has 2 aromatic carbocycles. The van der Waals surface area contributed by atoms with Crippen molar-refractivity contribution in [3.05, 3.63) is 77.5 Å². The van der Waals surface area contributed by atoms with Crippen LogP contribution in [-0.4, -0.2) is 18.1 Å². The molecule has 0 atom stereocenters. The van der Waals surface area contributed by atoms with Crippen LogP contribution in [0.5, 0.6) is 0 Å². The Balaban J connectivity index is 2.27. The van der Waals surface area contributed by atoms with Gasteiger partial charge in [-0.1, -0.05) is 60.7 Å². The van der Waals surface area contributed by atoms with E-state index < -0.39 is 11.9 Å². The van der Waals surface area contributed by atoms with E-state index in [9.17, 15) is 13.2 Å². The summed E-state index contributed by atoms with van der Waals surface area (Å²) in [5.74, 6) is 0. The van der Waals surface area contributed by atoms with Gasteiger partial charge in [-0.05, 0) is 17.2 Å². The summed E-state index contributed by atoms with van der Waals surface area (Å²) in [5.41, 5.74) is 0.713. The summed E-state index contributed by atoms with van der Waals surface area (Å²) < 4.78 is 39.7. The molecule has 1 nitrogen and oxygen atoms in total. The van der Waals surface area contributed by atoms with Crippen molar-refractivity contribution in [1.82, 2.24) is 4.90 Å². The van der Waals surface area contributed by atoms with Gasteiger partial charge >= 0.3 is 6.18 Å². The SMILES string of the molecule is CN(Cc1ccccc1)/C(=C\c1ccccc1)C(F)(F)F. The Morgan fingerprint density at radius 2 is 1.48 bits per heavy atom. The summed E-state index contributed by atoms with van der Waals surface area (Å²) in [6.45, 7) is 0.207. The maximum absolute atomic E-state index is 13.2. The fourth-order valence-corrected chi connectivity index (χ4v) is 2.06. The third-order valence-corrected chi connectivity index (χ3v) is 3.07. The van der Waals surface area contributed by atoms with Crippen LogP contribution in [0.3, 0.4) is 0 Å². The van der Waals surface area contributed by atoms with Crippen molar-refractivity contribution in [2.45, 2.75) is 12.7 Å². The summed E-state index contributed by atoms with van der Waals surface area (Å²) in [5, 5.41) is 0. The molecule has 0 unspecified atom stereocenters. The van der Waals surface area contributed by atoms with Gasteiger partial charge in [0.2, 0.25) is 0 Å². The highest BCUT2D eigenvalue weighted by Gasteiger charge is 2.36.